The summed E-state index contributed by atoms with van der Waals surface area (Å²) in [6.07, 6.45) is 0.305. The van der Waals surface area contributed by atoms with Gasteiger partial charge in [0.25, 0.3) is 5.91 Å². The van der Waals surface area contributed by atoms with Gasteiger partial charge in [-0.25, -0.2) is 0 Å². The number of anilines is 1. The molecule has 1 atom stereocenters. The van der Waals surface area contributed by atoms with Gasteiger partial charge >= 0.3 is 0 Å². The van der Waals surface area contributed by atoms with Gasteiger partial charge in [0, 0.05) is 5.69 Å². The highest BCUT2D eigenvalue weighted by atomic mass is 35.6. The van der Waals surface area contributed by atoms with Crippen molar-refractivity contribution in [2.45, 2.75) is 23.8 Å². The predicted octanol–water partition coefficient (Wildman–Crippen LogP) is 4.31. The summed E-state index contributed by atoms with van der Waals surface area (Å²) in [6, 6.07) is 8.97. The second-order valence-corrected chi connectivity index (χ2v) is 8.12. The Bertz CT molecular complexity index is 760. The third kappa shape index (κ3) is 5.78. The molecule has 1 unspecified atom stereocenters. The minimum absolute atomic E-state index is 0.0921. The van der Waals surface area contributed by atoms with Crippen molar-refractivity contribution in [1.82, 2.24) is 10.6 Å². The van der Waals surface area contributed by atoms with Gasteiger partial charge < -0.3 is 20.4 Å². The SMILES string of the molecule is Cc1ccc(C)c(NC(=S)NC(NC(=O)c2ccco2)C(Cl)(Cl)Cl)c1. The summed E-state index contributed by atoms with van der Waals surface area (Å²) in [6.45, 7) is 3.91. The van der Waals surface area contributed by atoms with E-state index in [0.717, 1.165) is 16.8 Å². The summed E-state index contributed by atoms with van der Waals surface area (Å²) >= 11 is 23.1. The van der Waals surface area contributed by atoms with Crippen LogP contribution >= 0.6 is 47.0 Å². The molecule has 1 aromatic carbocycles. The zero-order valence-corrected chi connectivity index (χ0v) is 16.5. The first-order valence-electron chi connectivity index (χ1n) is 7.22. The molecule has 0 aliphatic heterocycles. The fourth-order valence-corrected chi connectivity index (χ4v) is 2.52. The van der Waals surface area contributed by atoms with Crippen LogP contribution in [-0.4, -0.2) is 21.0 Å². The first kappa shape index (κ1) is 19.8. The number of rotatable bonds is 4. The molecule has 1 aromatic heterocycles. The predicted molar refractivity (Wildman–Crippen MR) is 106 cm³/mol. The quantitative estimate of drug-likeness (QED) is 0.391. The fraction of sp³-hybridized carbons (Fsp3) is 0.250. The number of nitrogens with one attached hydrogen (secondary N) is 3. The molecule has 1 amide bonds. The van der Waals surface area contributed by atoms with Gasteiger partial charge in [0.1, 0.15) is 6.17 Å². The smallest absolute Gasteiger partial charge is 0.288 e. The number of carbonyl (C=O) groups is 1. The number of aryl methyl sites for hydroxylation is 2. The number of furan rings is 1. The molecular formula is C16H16Cl3N3O2S. The molecule has 0 aliphatic rings. The van der Waals surface area contributed by atoms with Gasteiger partial charge in [0.2, 0.25) is 3.79 Å². The van der Waals surface area contributed by atoms with Crippen molar-refractivity contribution in [2.75, 3.05) is 5.32 Å². The Morgan fingerprint density at radius 3 is 2.52 bits per heavy atom. The minimum Gasteiger partial charge on any atom is -0.459 e. The molecule has 0 fully saturated rings. The maximum absolute atomic E-state index is 12.1. The van der Waals surface area contributed by atoms with Crippen LogP contribution in [0, 0.1) is 13.8 Å². The fourth-order valence-electron chi connectivity index (χ4n) is 1.97. The number of benzene rings is 1. The Balaban J connectivity index is 2.07. The van der Waals surface area contributed by atoms with Crippen molar-refractivity contribution in [2.24, 2.45) is 0 Å². The van der Waals surface area contributed by atoms with Crippen LogP contribution in [0.25, 0.3) is 0 Å². The Hall–Kier alpha value is -1.47. The van der Waals surface area contributed by atoms with E-state index in [2.05, 4.69) is 16.0 Å². The summed E-state index contributed by atoms with van der Waals surface area (Å²) in [7, 11) is 0. The lowest BCUT2D eigenvalue weighted by molar-refractivity contribution is 0.0906. The summed E-state index contributed by atoms with van der Waals surface area (Å²) in [5, 5.41) is 8.56. The number of carbonyl (C=O) groups excluding carboxylic acids is 1. The summed E-state index contributed by atoms with van der Waals surface area (Å²) < 4.78 is 3.18. The van der Waals surface area contributed by atoms with E-state index in [1.165, 1.54) is 12.3 Å². The van der Waals surface area contributed by atoms with Crippen molar-refractivity contribution in [1.29, 1.82) is 0 Å². The van der Waals surface area contributed by atoms with E-state index in [9.17, 15) is 4.79 Å². The van der Waals surface area contributed by atoms with Gasteiger partial charge in [0.05, 0.1) is 6.26 Å². The second kappa shape index (κ2) is 8.27. The highest BCUT2D eigenvalue weighted by Gasteiger charge is 2.35. The molecule has 134 valence electrons. The summed E-state index contributed by atoms with van der Waals surface area (Å²) in [4.78, 5) is 12.1. The highest BCUT2D eigenvalue weighted by Crippen LogP contribution is 2.29. The molecule has 2 rings (SSSR count). The van der Waals surface area contributed by atoms with E-state index < -0.39 is 15.9 Å². The molecule has 0 spiro atoms. The summed E-state index contributed by atoms with van der Waals surface area (Å²) in [5.41, 5.74) is 2.89. The molecule has 0 aliphatic carbocycles. The van der Waals surface area contributed by atoms with Gasteiger partial charge in [-0.2, -0.15) is 0 Å². The van der Waals surface area contributed by atoms with Gasteiger partial charge in [0.15, 0.2) is 10.9 Å². The topological polar surface area (TPSA) is 66.3 Å². The number of hydrogen-bond donors (Lipinski definition) is 3. The molecule has 0 saturated carbocycles. The van der Waals surface area contributed by atoms with Crippen LogP contribution in [-0.2, 0) is 0 Å². The Kier molecular flexibility index (Phi) is 6.57. The molecule has 2 aromatic rings. The highest BCUT2D eigenvalue weighted by molar-refractivity contribution is 7.80. The maximum Gasteiger partial charge on any atom is 0.288 e. The van der Waals surface area contributed by atoms with Crippen LogP contribution in [0.2, 0.25) is 0 Å². The van der Waals surface area contributed by atoms with Gasteiger partial charge in [-0.1, -0.05) is 46.9 Å². The van der Waals surface area contributed by atoms with E-state index in [0.29, 0.717) is 0 Å². The minimum atomic E-state index is -1.84. The molecule has 0 radical (unpaired) electrons. The van der Waals surface area contributed by atoms with E-state index >= 15 is 0 Å². The number of amides is 1. The Labute approximate surface area is 166 Å². The third-order valence-electron chi connectivity index (χ3n) is 3.26. The largest absolute Gasteiger partial charge is 0.459 e. The Morgan fingerprint density at radius 1 is 1.20 bits per heavy atom. The van der Waals surface area contributed by atoms with E-state index in [1.54, 1.807) is 6.07 Å². The van der Waals surface area contributed by atoms with Crippen molar-refractivity contribution in [3.05, 3.63) is 53.5 Å². The van der Waals surface area contributed by atoms with E-state index in [1.807, 2.05) is 32.0 Å². The normalized spacial score (nSPS) is 12.4. The van der Waals surface area contributed by atoms with Crippen molar-refractivity contribution < 1.29 is 9.21 Å². The number of halogens is 3. The maximum atomic E-state index is 12.1. The monoisotopic (exact) mass is 419 g/mol. The first-order valence-corrected chi connectivity index (χ1v) is 8.77. The van der Waals surface area contributed by atoms with Crippen LogP contribution in [0.15, 0.2) is 41.0 Å². The summed E-state index contributed by atoms with van der Waals surface area (Å²) in [5.74, 6) is -0.446. The van der Waals surface area contributed by atoms with Crippen LogP contribution in [0.4, 0.5) is 5.69 Å². The van der Waals surface area contributed by atoms with E-state index in [-0.39, 0.29) is 10.9 Å². The van der Waals surface area contributed by atoms with Gasteiger partial charge in [-0.15, -0.1) is 0 Å². The van der Waals surface area contributed by atoms with Crippen molar-refractivity contribution in [3.8, 4) is 0 Å². The molecule has 5 nitrogen and oxygen atoms in total. The second-order valence-electron chi connectivity index (χ2n) is 5.34. The van der Waals surface area contributed by atoms with Crippen LogP contribution in [0.3, 0.4) is 0 Å². The molecule has 9 heteroatoms. The van der Waals surface area contributed by atoms with Crippen molar-refractivity contribution in [3.63, 3.8) is 0 Å². The van der Waals surface area contributed by atoms with Crippen LogP contribution in [0.5, 0.6) is 0 Å². The van der Waals surface area contributed by atoms with E-state index in [4.69, 9.17) is 51.4 Å². The van der Waals surface area contributed by atoms with Crippen LogP contribution in [0.1, 0.15) is 21.7 Å². The lowest BCUT2D eigenvalue weighted by Gasteiger charge is -2.27. The van der Waals surface area contributed by atoms with Crippen LogP contribution < -0.4 is 16.0 Å². The molecule has 0 bridgehead atoms. The molecule has 1 heterocycles. The number of alkyl halides is 3. The standard InChI is InChI=1S/C16H16Cl3N3O2S/c1-9-5-6-10(2)11(8-9)20-15(25)22-14(16(17,18)19)21-13(23)12-4-3-7-24-12/h3-8,14H,1-2H3,(H,21,23)(H2,20,22,25). The lowest BCUT2D eigenvalue weighted by Crippen LogP contribution is -2.56. The number of thiocarbonyl (C=S) groups is 1. The molecule has 0 saturated heterocycles. The zero-order chi connectivity index (χ0) is 18.6. The molecular weight excluding hydrogens is 405 g/mol. The lowest BCUT2D eigenvalue weighted by atomic mass is 10.1. The number of hydrogen-bond acceptors (Lipinski definition) is 3. The average molecular weight is 421 g/mol. The van der Waals surface area contributed by atoms with Gasteiger partial charge in [-0.3, -0.25) is 4.79 Å². The zero-order valence-electron chi connectivity index (χ0n) is 13.4. The molecule has 3 N–H and O–H groups in total. The molecule has 25 heavy (non-hydrogen) atoms. The van der Waals surface area contributed by atoms with Gasteiger partial charge in [-0.05, 0) is 55.4 Å². The van der Waals surface area contributed by atoms with Crippen molar-refractivity contribution >= 4 is 63.7 Å². The average Bonchev–Trinajstić information content (AvgIpc) is 3.03. The first-order chi connectivity index (χ1) is 11.7. The Morgan fingerprint density at radius 2 is 1.92 bits per heavy atom. The third-order valence-corrected chi connectivity index (χ3v) is 4.14.